The highest BCUT2D eigenvalue weighted by atomic mass is 16.5. The van der Waals surface area contributed by atoms with Crippen LogP contribution in [-0.4, -0.2) is 10.7 Å². The molecule has 0 atom stereocenters. The third-order valence-electron chi connectivity index (χ3n) is 2.47. The summed E-state index contributed by atoms with van der Waals surface area (Å²) in [6.45, 7) is 0. The Hall–Kier alpha value is -2.56. The summed E-state index contributed by atoms with van der Waals surface area (Å²) < 4.78 is 6.28. The first-order chi connectivity index (χ1) is 8.56. The van der Waals surface area contributed by atoms with Crippen LogP contribution < -0.4 is 16.0 Å². The van der Waals surface area contributed by atoms with E-state index in [9.17, 15) is 9.59 Å². The molecule has 0 bridgehead atoms. The van der Waals surface area contributed by atoms with Crippen molar-refractivity contribution in [2.75, 3.05) is 0 Å². The monoisotopic (exact) mass is 244 g/mol. The first kappa shape index (κ1) is 11.9. The number of aryl methyl sites for hydroxylation is 1. The molecule has 0 aliphatic rings. The molecule has 0 aliphatic heterocycles. The second-order valence-corrected chi connectivity index (χ2v) is 3.82. The minimum atomic E-state index is -0.854. The van der Waals surface area contributed by atoms with Gasteiger partial charge in [-0.05, 0) is 29.3 Å². The molecule has 2 rings (SSSR count). The van der Waals surface area contributed by atoms with Crippen LogP contribution in [0.1, 0.15) is 0 Å². The molecule has 2 N–H and O–H groups in total. The fourth-order valence-corrected chi connectivity index (χ4v) is 1.62. The highest BCUT2D eigenvalue weighted by Crippen LogP contribution is 2.22. The van der Waals surface area contributed by atoms with Gasteiger partial charge in [-0.15, -0.1) is 0 Å². The minimum absolute atomic E-state index is 0.0803. The molecule has 1 heterocycles. The van der Waals surface area contributed by atoms with Crippen LogP contribution in [0.2, 0.25) is 0 Å². The highest BCUT2D eigenvalue weighted by Gasteiger charge is 2.03. The lowest BCUT2D eigenvalue weighted by Crippen LogP contribution is -2.16. The Morgan fingerprint density at radius 2 is 2.00 bits per heavy atom. The molecule has 0 unspecified atom stereocenters. The molecule has 1 aromatic carbocycles. The molecule has 92 valence electrons. The van der Waals surface area contributed by atoms with Gasteiger partial charge in [0.1, 0.15) is 5.75 Å². The van der Waals surface area contributed by atoms with Crippen molar-refractivity contribution in [1.29, 1.82) is 0 Å². The van der Waals surface area contributed by atoms with E-state index in [1.807, 2.05) is 6.07 Å². The van der Waals surface area contributed by atoms with Gasteiger partial charge in [0.2, 0.25) is 5.56 Å². The van der Waals surface area contributed by atoms with E-state index < -0.39 is 6.09 Å². The van der Waals surface area contributed by atoms with Crippen molar-refractivity contribution in [1.82, 2.24) is 4.57 Å². The van der Waals surface area contributed by atoms with Crippen LogP contribution in [0.3, 0.4) is 0 Å². The summed E-state index contributed by atoms with van der Waals surface area (Å²) in [5.74, 6) is 0.369. The van der Waals surface area contributed by atoms with Gasteiger partial charge >= 0.3 is 6.09 Å². The molecule has 0 saturated heterocycles. The van der Waals surface area contributed by atoms with E-state index in [0.29, 0.717) is 5.75 Å². The first-order valence-corrected chi connectivity index (χ1v) is 5.30. The van der Waals surface area contributed by atoms with E-state index in [1.165, 1.54) is 10.6 Å². The third kappa shape index (κ3) is 2.57. The van der Waals surface area contributed by atoms with Gasteiger partial charge in [-0.1, -0.05) is 12.1 Å². The molecule has 18 heavy (non-hydrogen) atoms. The Labute approximate surface area is 103 Å². The number of ether oxygens (including phenoxy) is 1. The molecule has 0 saturated carbocycles. The van der Waals surface area contributed by atoms with E-state index in [4.69, 9.17) is 10.5 Å². The van der Waals surface area contributed by atoms with E-state index in [-0.39, 0.29) is 5.56 Å². The number of amides is 1. The SMILES string of the molecule is Cn1cc(-c2cccc(OC(N)=O)c2)ccc1=O. The van der Waals surface area contributed by atoms with Crippen LogP contribution in [0.25, 0.3) is 11.1 Å². The second-order valence-electron chi connectivity index (χ2n) is 3.82. The summed E-state index contributed by atoms with van der Waals surface area (Å²) in [5, 5.41) is 0. The Balaban J connectivity index is 2.41. The molecule has 0 fully saturated rings. The largest absolute Gasteiger partial charge is 0.410 e. The lowest BCUT2D eigenvalue weighted by Gasteiger charge is -2.06. The first-order valence-electron chi connectivity index (χ1n) is 5.30. The van der Waals surface area contributed by atoms with Crippen LogP contribution in [-0.2, 0) is 7.05 Å². The Bertz CT molecular complexity index is 647. The molecule has 5 nitrogen and oxygen atoms in total. The molecule has 0 radical (unpaired) electrons. The zero-order valence-corrected chi connectivity index (χ0v) is 9.79. The Morgan fingerprint density at radius 3 is 2.67 bits per heavy atom. The molecular weight excluding hydrogens is 232 g/mol. The smallest absolute Gasteiger partial charge is 0.409 e. The van der Waals surface area contributed by atoms with Gasteiger partial charge in [0, 0.05) is 19.3 Å². The standard InChI is InChI=1S/C13H12N2O3/c1-15-8-10(5-6-12(15)16)9-3-2-4-11(7-9)18-13(14)17/h2-8H,1H3,(H2,14,17). The summed E-state index contributed by atoms with van der Waals surface area (Å²) in [5.41, 5.74) is 6.56. The van der Waals surface area contributed by atoms with Crippen LogP contribution in [0.15, 0.2) is 47.4 Å². The van der Waals surface area contributed by atoms with Crippen molar-refractivity contribution in [3.63, 3.8) is 0 Å². The minimum Gasteiger partial charge on any atom is -0.410 e. The van der Waals surface area contributed by atoms with Gasteiger partial charge in [0.25, 0.3) is 0 Å². The molecule has 1 aromatic heterocycles. The Morgan fingerprint density at radius 1 is 1.22 bits per heavy atom. The maximum absolute atomic E-state index is 11.3. The normalized spacial score (nSPS) is 10.1. The number of hydrogen-bond acceptors (Lipinski definition) is 3. The van der Waals surface area contributed by atoms with Crippen LogP contribution >= 0.6 is 0 Å². The van der Waals surface area contributed by atoms with Gasteiger partial charge < -0.3 is 15.0 Å². The van der Waals surface area contributed by atoms with Crippen LogP contribution in [0.4, 0.5) is 4.79 Å². The predicted molar refractivity (Wildman–Crippen MR) is 67.3 cm³/mol. The number of nitrogens with two attached hydrogens (primary N) is 1. The summed E-state index contributed by atoms with van der Waals surface area (Å²) in [4.78, 5) is 22.0. The summed E-state index contributed by atoms with van der Waals surface area (Å²) in [7, 11) is 1.68. The average Bonchev–Trinajstić information content (AvgIpc) is 2.32. The van der Waals surface area contributed by atoms with E-state index in [2.05, 4.69) is 0 Å². The topological polar surface area (TPSA) is 74.3 Å². The van der Waals surface area contributed by atoms with E-state index >= 15 is 0 Å². The van der Waals surface area contributed by atoms with Crippen molar-refractivity contribution < 1.29 is 9.53 Å². The lowest BCUT2D eigenvalue weighted by molar-refractivity contribution is 0.211. The molecule has 1 amide bonds. The molecule has 5 heteroatoms. The maximum Gasteiger partial charge on any atom is 0.409 e. The third-order valence-corrected chi connectivity index (χ3v) is 2.47. The van der Waals surface area contributed by atoms with Gasteiger partial charge in [-0.2, -0.15) is 0 Å². The van der Waals surface area contributed by atoms with Crippen molar-refractivity contribution in [3.8, 4) is 16.9 Å². The van der Waals surface area contributed by atoms with Gasteiger partial charge in [-0.3, -0.25) is 4.79 Å². The summed E-state index contributed by atoms with van der Waals surface area (Å²) in [6.07, 6.45) is 0.860. The molecule has 0 spiro atoms. The fraction of sp³-hybridized carbons (Fsp3) is 0.0769. The van der Waals surface area contributed by atoms with Crippen molar-refractivity contribution in [2.24, 2.45) is 12.8 Å². The number of hydrogen-bond donors (Lipinski definition) is 1. The maximum atomic E-state index is 11.3. The number of primary amides is 1. The van der Waals surface area contributed by atoms with Gasteiger partial charge in [0.05, 0.1) is 0 Å². The van der Waals surface area contributed by atoms with E-state index in [1.54, 1.807) is 37.5 Å². The Kier molecular flexibility index (Phi) is 3.14. The number of nitrogens with zero attached hydrogens (tertiary/aromatic N) is 1. The average molecular weight is 244 g/mol. The number of rotatable bonds is 2. The zero-order chi connectivity index (χ0) is 13.1. The zero-order valence-electron chi connectivity index (χ0n) is 9.79. The van der Waals surface area contributed by atoms with Crippen molar-refractivity contribution in [2.45, 2.75) is 0 Å². The molecule has 2 aromatic rings. The van der Waals surface area contributed by atoms with Crippen LogP contribution in [0, 0.1) is 0 Å². The molecule has 0 aliphatic carbocycles. The molecular formula is C13H12N2O3. The second kappa shape index (κ2) is 4.75. The number of pyridine rings is 1. The number of benzene rings is 1. The number of carbonyl (C=O) groups is 1. The predicted octanol–water partition coefficient (Wildman–Crippen LogP) is 1.51. The van der Waals surface area contributed by atoms with Crippen molar-refractivity contribution in [3.05, 3.63) is 52.9 Å². The highest BCUT2D eigenvalue weighted by molar-refractivity contribution is 5.70. The number of aromatic nitrogens is 1. The van der Waals surface area contributed by atoms with Gasteiger partial charge in [-0.25, -0.2) is 4.79 Å². The van der Waals surface area contributed by atoms with Crippen molar-refractivity contribution >= 4 is 6.09 Å². The van der Waals surface area contributed by atoms with E-state index in [0.717, 1.165) is 11.1 Å². The van der Waals surface area contributed by atoms with Gasteiger partial charge in [0.15, 0.2) is 0 Å². The number of carbonyl (C=O) groups excluding carboxylic acids is 1. The summed E-state index contributed by atoms with van der Waals surface area (Å²) >= 11 is 0. The fourth-order valence-electron chi connectivity index (χ4n) is 1.62. The lowest BCUT2D eigenvalue weighted by atomic mass is 10.1. The quantitative estimate of drug-likeness (QED) is 0.870. The van der Waals surface area contributed by atoms with Crippen LogP contribution in [0.5, 0.6) is 5.75 Å². The summed E-state index contributed by atoms with van der Waals surface area (Å²) in [6, 6.07) is 10.1.